The van der Waals surface area contributed by atoms with Crippen molar-refractivity contribution < 1.29 is 9.90 Å². The predicted molar refractivity (Wildman–Crippen MR) is 83.1 cm³/mol. The largest absolute Gasteiger partial charge is 0.394 e. The lowest BCUT2D eigenvalue weighted by Gasteiger charge is -2.39. The van der Waals surface area contributed by atoms with Gasteiger partial charge in [-0.05, 0) is 32.6 Å². The van der Waals surface area contributed by atoms with Gasteiger partial charge in [-0.3, -0.25) is 0 Å². The molecule has 0 bridgehead atoms. The van der Waals surface area contributed by atoms with Crippen LogP contribution < -0.4 is 10.6 Å². The highest BCUT2D eigenvalue weighted by molar-refractivity contribution is 5.74. The van der Waals surface area contributed by atoms with E-state index in [0.29, 0.717) is 12.5 Å². The zero-order valence-corrected chi connectivity index (χ0v) is 13.5. The van der Waals surface area contributed by atoms with E-state index in [-0.39, 0.29) is 12.6 Å². The first-order valence-corrected chi connectivity index (χ1v) is 8.12. The highest BCUT2D eigenvalue weighted by Crippen LogP contribution is 2.32. The molecule has 1 fully saturated rings. The van der Waals surface area contributed by atoms with E-state index in [1.807, 2.05) is 18.4 Å². The number of nitrogens with zero attached hydrogens (tertiary/aromatic N) is 3. The summed E-state index contributed by atoms with van der Waals surface area (Å²) in [6.07, 6.45) is 7.35. The number of urea groups is 1. The highest BCUT2D eigenvalue weighted by Gasteiger charge is 2.35. The molecule has 0 radical (unpaired) electrons. The summed E-state index contributed by atoms with van der Waals surface area (Å²) in [5.41, 5.74) is -0.567. The van der Waals surface area contributed by atoms with E-state index in [0.717, 1.165) is 25.2 Å². The molecule has 1 atom stereocenters. The van der Waals surface area contributed by atoms with Crippen molar-refractivity contribution in [2.45, 2.75) is 64.6 Å². The number of aryl methyl sites for hydroxylation is 1. The van der Waals surface area contributed by atoms with Crippen LogP contribution in [-0.4, -0.2) is 38.0 Å². The molecule has 7 nitrogen and oxygen atoms in total. The van der Waals surface area contributed by atoms with Crippen molar-refractivity contribution >= 4 is 6.03 Å². The summed E-state index contributed by atoms with van der Waals surface area (Å²) in [7, 11) is 0. The fourth-order valence-electron chi connectivity index (χ4n) is 3.15. The lowest BCUT2D eigenvalue weighted by molar-refractivity contribution is 0.101. The molecular formula is C15H27N5O2. The van der Waals surface area contributed by atoms with Crippen molar-refractivity contribution in [1.29, 1.82) is 0 Å². The first-order chi connectivity index (χ1) is 10.6. The van der Waals surface area contributed by atoms with Gasteiger partial charge < -0.3 is 20.3 Å². The van der Waals surface area contributed by atoms with Gasteiger partial charge >= 0.3 is 6.03 Å². The molecule has 0 unspecified atom stereocenters. The number of hydrogen-bond donors (Lipinski definition) is 3. The molecule has 22 heavy (non-hydrogen) atoms. The third kappa shape index (κ3) is 3.97. The summed E-state index contributed by atoms with van der Waals surface area (Å²) >= 11 is 0. The van der Waals surface area contributed by atoms with Crippen molar-refractivity contribution in [2.24, 2.45) is 5.92 Å². The number of carbonyl (C=O) groups is 1. The van der Waals surface area contributed by atoms with Crippen molar-refractivity contribution in [3.8, 4) is 0 Å². The third-order valence-corrected chi connectivity index (χ3v) is 4.68. The monoisotopic (exact) mass is 309 g/mol. The second-order valence-corrected chi connectivity index (χ2v) is 6.25. The number of rotatable bonds is 6. The van der Waals surface area contributed by atoms with Crippen molar-refractivity contribution in [2.75, 3.05) is 6.61 Å². The highest BCUT2D eigenvalue weighted by atomic mass is 16.3. The number of amides is 2. The summed E-state index contributed by atoms with van der Waals surface area (Å²) in [6, 6.07) is -0.271. The Kier molecular flexibility index (Phi) is 5.76. The van der Waals surface area contributed by atoms with Crippen molar-refractivity contribution in [3.63, 3.8) is 0 Å². The molecule has 0 saturated heterocycles. The molecule has 1 aliphatic rings. The van der Waals surface area contributed by atoms with Crippen LogP contribution in [-0.2, 0) is 13.1 Å². The predicted octanol–water partition coefficient (Wildman–Crippen LogP) is 1.43. The van der Waals surface area contributed by atoms with Gasteiger partial charge in [0.1, 0.15) is 6.33 Å². The van der Waals surface area contributed by atoms with Gasteiger partial charge in [0.25, 0.3) is 0 Å². The first-order valence-electron chi connectivity index (χ1n) is 8.12. The maximum absolute atomic E-state index is 12.2. The third-order valence-electron chi connectivity index (χ3n) is 4.68. The minimum Gasteiger partial charge on any atom is -0.394 e. The molecule has 1 saturated carbocycles. The van der Waals surface area contributed by atoms with E-state index in [2.05, 4.69) is 20.8 Å². The van der Waals surface area contributed by atoms with Crippen LogP contribution in [0.25, 0.3) is 0 Å². The quantitative estimate of drug-likeness (QED) is 0.741. The Labute approximate surface area is 131 Å². The van der Waals surface area contributed by atoms with Crippen LogP contribution in [0.3, 0.4) is 0 Å². The van der Waals surface area contributed by atoms with Gasteiger partial charge in [-0.2, -0.15) is 0 Å². The molecule has 3 N–H and O–H groups in total. The Morgan fingerprint density at radius 3 is 2.82 bits per heavy atom. The molecule has 2 amide bonds. The molecule has 0 aliphatic heterocycles. The van der Waals surface area contributed by atoms with E-state index in [1.165, 1.54) is 19.3 Å². The van der Waals surface area contributed by atoms with E-state index >= 15 is 0 Å². The number of aromatic nitrogens is 3. The van der Waals surface area contributed by atoms with Crippen molar-refractivity contribution in [1.82, 2.24) is 25.4 Å². The molecule has 7 heteroatoms. The minimum absolute atomic E-state index is 0.0454. The van der Waals surface area contributed by atoms with E-state index in [1.54, 1.807) is 6.33 Å². The fraction of sp³-hybridized carbons (Fsp3) is 0.800. The first kappa shape index (κ1) is 16.7. The topological polar surface area (TPSA) is 92.1 Å². The number of carbonyl (C=O) groups excluding carboxylic acids is 1. The fourth-order valence-corrected chi connectivity index (χ4v) is 3.15. The molecule has 124 valence electrons. The van der Waals surface area contributed by atoms with Gasteiger partial charge in [0.2, 0.25) is 0 Å². The van der Waals surface area contributed by atoms with Crippen molar-refractivity contribution in [3.05, 3.63) is 12.2 Å². The Bertz CT molecular complexity index is 484. The molecule has 0 spiro atoms. The van der Waals surface area contributed by atoms with E-state index in [4.69, 9.17) is 0 Å². The van der Waals surface area contributed by atoms with Crippen LogP contribution in [0.4, 0.5) is 4.79 Å². The normalized spacial score (nSPS) is 18.7. The minimum atomic E-state index is -0.567. The standard InChI is InChI=1S/C15H27N5O2/c1-3-20-11-17-19-13(20)9-16-14(22)18-15(2,10-21)12-7-5-4-6-8-12/h11-12,21H,3-10H2,1-2H3,(H2,16,18,22)/t15-/m0/s1. The molecule has 0 aromatic carbocycles. The average molecular weight is 309 g/mol. The van der Waals surface area contributed by atoms with Crippen LogP contribution in [0.1, 0.15) is 51.8 Å². The lowest BCUT2D eigenvalue weighted by atomic mass is 9.76. The van der Waals surface area contributed by atoms with E-state index < -0.39 is 5.54 Å². The van der Waals surface area contributed by atoms with Crippen LogP contribution in [0.2, 0.25) is 0 Å². The number of aliphatic hydroxyl groups is 1. The molecule has 1 heterocycles. The zero-order chi connectivity index (χ0) is 16.0. The Morgan fingerprint density at radius 1 is 1.45 bits per heavy atom. The zero-order valence-electron chi connectivity index (χ0n) is 13.5. The Morgan fingerprint density at radius 2 is 2.18 bits per heavy atom. The van der Waals surface area contributed by atoms with Crippen LogP contribution in [0.5, 0.6) is 0 Å². The molecule has 1 aromatic heterocycles. The number of aliphatic hydroxyl groups excluding tert-OH is 1. The lowest BCUT2D eigenvalue weighted by Crippen LogP contribution is -2.57. The second kappa shape index (κ2) is 7.58. The summed E-state index contributed by atoms with van der Waals surface area (Å²) in [5, 5.41) is 23.3. The Hall–Kier alpha value is -1.63. The second-order valence-electron chi connectivity index (χ2n) is 6.25. The maximum Gasteiger partial charge on any atom is 0.315 e. The molecule has 2 rings (SSSR count). The van der Waals surface area contributed by atoms with Crippen LogP contribution >= 0.6 is 0 Å². The van der Waals surface area contributed by atoms with E-state index in [9.17, 15) is 9.90 Å². The van der Waals surface area contributed by atoms with Gasteiger partial charge in [0.15, 0.2) is 5.82 Å². The Balaban J connectivity index is 1.88. The summed E-state index contributed by atoms with van der Waals surface area (Å²) < 4.78 is 1.88. The number of hydrogen-bond acceptors (Lipinski definition) is 4. The maximum atomic E-state index is 12.2. The smallest absolute Gasteiger partial charge is 0.315 e. The molecule has 1 aromatic rings. The van der Waals surface area contributed by atoms with Crippen LogP contribution in [0.15, 0.2) is 6.33 Å². The molecular weight excluding hydrogens is 282 g/mol. The van der Waals surface area contributed by atoms with Gasteiger partial charge in [-0.25, -0.2) is 4.79 Å². The summed E-state index contributed by atoms with van der Waals surface area (Å²) in [5.74, 6) is 1.05. The van der Waals surface area contributed by atoms with Gasteiger partial charge in [0.05, 0.1) is 18.7 Å². The molecule has 1 aliphatic carbocycles. The van der Waals surface area contributed by atoms with Gasteiger partial charge in [-0.15, -0.1) is 10.2 Å². The van der Waals surface area contributed by atoms with Crippen LogP contribution in [0, 0.1) is 5.92 Å². The van der Waals surface area contributed by atoms with Gasteiger partial charge in [-0.1, -0.05) is 19.3 Å². The SMILES string of the molecule is CCn1cnnc1CNC(=O)N[C@@](C)(CO)C1CCCCC1. The summed E-state index contributed by atoms with van der Waals surface area (Å²) in [6.45, 7) is 4.97. The summed E-state index contributed by atoms with van der Waals surface area (Å²) in [4.78, 5) is 12.2. The number of nitrogens with one attached hydrogen (secondary N) is 2. The average Bonchev–Trinajstić information content (AvgIpc) is 3.01. The van der Waals surface area contributed by atoms with Gasteiger partial charge in [0, 0.05) is 6.54 Å².